The Balaban J connectivity index is 3.58. The second-order valence-electron chi connectivity index (χ2n) is 3.79. The van der Waals surface area contributed by atoms with Crippen molar-refractivity contribution >= 4 is 11.8 Å². The van der Waals surface area contributed by atoms with Crippen molar-refractivity contribution in [2.75, 3.05) is 6.61 Å². The standard InChI is InChI=1S/C12H20O3/c1-4-5-6-7-11(13)8-12(14)15-9-10(2)3/h2,4-9H2,1,3H3. The minimum absolute atomic E-state index is 0.0323. The zero-order valence-electron chi connectivity index (χ0n) is 9.67. The van der Waals surface area contributed by atoms with Gasteiger partial charge in [0.05, 0.1) is 0 Å². The van der Waals surface area contributed by atoms with Crippen LogP contribution in [0.15, 0.2) is 12.2 Å². The summed E-state index contributed by atoms with van der Waals surface area (Å²) in [5, 5.41) is 0. The molecule has 0 aromatic carbocycles. The number of carbonyl (C=O) groups excluding carboxylic acids is 2. The molecule has 0 aliphatic heterocycles. The van der Waals surface area contributed by atoms with Gasteiger partial charge in [0.2, 0.25) is 0 Å². The fourth-order valence-corrected chi connectivity index (χ4v) is 1.08. The summed E-state index contributed by atoms with van der Waals surface area (Å²) in [6.07, 6.45) is 3.36. The van der Waals surface area contributed by atoms with E-state index in [1.165, 1.54) is 0 Å². The van der Waals surface area contributed by atoms with E-state index >= 15 is 0 Å². The van der Waals surface area contributed by atoms with Crippen LogP contribution in [-0.4, -0.2) is 18.4 Å². The Labute approximate surface area is 91.5 Å². The van der Waals surface area contributed by atoms with Gasteiger partial charge in [0.25, 0.3) is 0 Å². The highest BCUT2D eigenvalue weighted by Gasteiger charge is 2.09. The maximum atomic E-state index is 11.2. The third-order valence-electron chi connectivity index (χ3n) is 1.88. The summed E-state index contributed by atoms with van der Waals surface area (Å²) in [5.41, 5.74) is 0.779. The molecule has 0 rings (SSSR count). The Morgan fingerprint density at radius 1 is 1.27 bits per heavy atom. The molecule has 0 unspecified atom stereocenters. The summed E-state index contributed by atoms with van der Waals surface area (Å²) in [7, 11) is 0. The third kappa shape index (κ3) is 9.19. The van der Waals surface area contributed by atoms with Crippen LogP contribution in [0.25, 0.3) is 0 Å². The van der Waals surface area contributed by atoms with Gasteiger partial charge in [-0.25, -0.2) is 0 Å². The SMILES string of the molecule is C=C(C)COC(=O)CC(=O)CCCCC. The lowest BCUT2D eigenvalue weighted by Crippen LogP contribution is -2.12. The van der Waals surface area contributed by atoms with E-state index in [0.29, 0.717) is 6.42 Å². The van der Waals surface area contributed by atoms with E-state index in [9.17, 15) is 9.59 Å². The summed E-state index contributed by atoms with van der Waals surface area (Å²) in [6.45, 7) is 7.66. The van der Waals surface area contributed by atoms with Crippen molar-refractivity contribution in [2.24, 2.45) is 0 Å². The monoisotopic (exact) mass is 212 g/mol. The van der Waals surface area contributed by atoms with Crippen molar-refractivity contribution in [1.82, 2.24) is 0 Å². The summed E-state index contributed by atoms with van der Waals surface area (Å²) in [4.78, 5) is 22.4. The minimum Gasteiger partial charge on any atom is -0.461 e. The smallest absolute Gasteiger partial charge is 0.313 e. The Kier molecular flexibility index (Phi) is 7.60. The molecule has 0 aliphatic rings. The summed E-state index contributed by atoms with van der Waals surface area (Å²) >= 11 is 0. The molecule has 0 spiro atoms. The molecule has 15 heavy (non-hydrogen) atoms. The van der Waals surface area contributed by atoms with Crippen LogP contribution in [0.3, 0.4) is 0 Å². The van der Waals surface area contributed by atoms with E-state index in [2.05, 4.69) is 13.5 Å². The topological polar surface area (TPSA) is 43.4 Å². The van der Waals surface area contributed by atoms with Crippen LogP contribution in [0.5, 0.6) is 0 Å². The van der Waals surface area contributed by atoms with Gasteiger partial charge in [-0.1, -0.05) is 26.3 Å². The molecule has 0 heterocycles. The van der Waals surface area contributed by atoms with Gasteiger partial charge >= 0.3 is 5.97 Å². The van der Waals surface area contributed by atoms with E-state index in [1.807, 2.05) is 0 Å². The van der Waals surface area contributed by atoms with Crippen LogP contribution in [0.1, 0.15) is 46.0 Å². The Hall–Kier alpha value is -1.12. The molecule has 0 saturated heterocycles. The van der Waals surface area contributed by atoms with Gasteiger partial charge in [-0.15, -0.1) is 0 Å². The van der Waals surface area contributed by atoms with Crippen LogP contribution in [0.2, 0.25) is 0 Å². The average Bonchev–Trinajstić information content (AvgIpc) is 2.15. The number of Topliss-reactive ketones (excluding diaryl/α,β-unsaturated/α-hetero) is 1. The van der Waals surface area contributed by atoms with Crippen molar-refractivity contribution in [3.63, 3.8) is 0 Å². The average molecular weight is 212 g/mol. The lowest BCUT2D eigenvalue weighted by Gasteiger charge is -2.03. The van der Waals surface area contributed by atoms with Crippen molar-refractivity contribution in [1.29, 1.82) is 0 Å². The van der Waals surface area contributed by atoms with E-state index in [0.717, 1.165) is 24.8 Å². The predicted octanol–water partition coefficient (Wildman–Crippen LogP) is 2.65. The van der Waals surface area contributed by atoms with Gasteiger partial charge < -0.3 is 4.74 Å². The molecular weight excluding hydrogens is 192 g/mol. The molecule has 86 valence electrons. The van der Waals surface area contributed by atoms with E-state index in [4.69, 9.17) is 4.74 Å². The number of hydrogen-bond acceptors (Lipinski definition) is 3. The first-order chi connectivity index (χ1) is 7.06. The van der Waals surface area contributed by atoms with Crippen LogP contribution >= 0.6 is 0 Å². The maximum Gasteiger partial charge on any atom is 0.313 e. The quantitative estimate of drug-likeness (QED) is 0.269. The summed E-state index contributed by atoms with van der Waals surface area (Å²) in [6, 6.07) is 0. The van der Waals surface area contributed by atoms with Gasteiger partial charge in [0, 0.05) is 6.42 Å². The number of rotatable bonds is 8. The van der Waals surface area contributed by atoms with Gasteiger partial charge in [0.1, 0.15) is 18.8 Å². The first-order valence-corrected chi connectivity index (χ1v) is 5.38. The van der Waals surface area contributed by atoms with Gasteiger partial charge in [-0.05, 0) is 18.9 Å². The normalized spacial score (nSPS) is 9.73. The Bertz CT molecular complexity index is 231. The van der Waals surface area contributed by atoms with Gasteiger partial charge in [0.15, 0.2) is 0 Å². The lowest BCUT2D eigenvalue weighted by atomic mass is 10.1. The number of esters is 1. The molecule has 0 fully saturated rings. The second-order valence-corrected chi connectivity index (χ2v) is 3.79. The molecule has 3 nitrogen and oxygen atoms in total. The lowest BCUT2D eigenvalue weighted by molar-refractivity contribution is -0.145. The van der Waals surface area contributed by atoms with Crippen LogP contribution < -0.4 is 0 Å². The maximum absolute atomic E-state index is 11.2. The summed E-state index contributed by atoms with van der Waals surface area (Å²) in [5.74, 6) is -0.477. The van der Waals surface area contributed by atoms with Gasteiger partial charge in [-0.2, -0.15) is 0 Å². The van der Waals surface area contributed by atoms with E-state index in [1.54, 1.807) is 6.92 Å². The van der Waals surface area contributed by atoms with E-state index < -0.39 is 5.97 Å². The third-order valence-corrected chi connectivity index (χ3v) is 1.88. The molecule has 0 aliphatic carbocycles. The van der Waals surface area contributed by atoms with Crippen LogP contribution in [-0.2, 0) is 14.3 Å². The molecule has 0 amide bonds. The molecule has 3 heteroatoms. The fourth-order valence-electron chi connectivity index (χ4n) is 1.08. The predicted molar refractivity (Wildman–Crippen MR) is 59.5 cm³/mol. The highest BCUT2D eigenvalue weighted by Crippen LogP contribution is 2.03. The first-order valence-electron chi connectivity index (χ1n) is 5.38. The van der Waals surface area contributed by atoms with E-state index in [-0.39, 0.29) is 18.8 Å². The number of hydrogen-bond donors (Lipinski definition) is 0. The molecular formula is C12H20O3. The Morgan fingerprint density at radius 2 is 1.93 bits per heavy atom. The summed E-state index contributed by atoms with van der Waals surface area (Å²) < 4.78 is 4.82. The second kappa shape index (κ2) is 8.21. The van der Waals surface area contributed by atoms with Crippen LogP contribution in [0, 0.1) is 0 Å². The Morgan fingerprint density at radius 3 is 2.47 bits per heavy atom. The molecule has 0 aromatic rings. The highest BCUT2D eigenvalue weighted by atomic mass is 16.5. The van der Waals surface area contributed by atoms with Crippen LogP contribution in [0.4, 0.5) is 0 Å². The zero-order chi connectivity index (χ0) is 11.7. The minimum atomic E-state index is -0.445. The first kappa shape index (κ1) is 13.9. The number of carbonyl (C=O) groups is 2. The van der Waals surface area contributed by atoms with Crippen molar-refractivity contribution in [3.05, 3.63) is 12.2 Å². The molecule has 0 bridgehead atoms. The van der Waals surface area contributed by atoms with Gasteiger partial charge in [-0.3, -0.25) is 9.59 Å². The zero-order valence-corrected chi connectivity index (χ0v) is 9.67. The molecule has 0 saturated carbocycles. The fraction of sp³-hybridized carbons (Fsp3) is 0.667. The number of unbranched alkanes of at least 4 members (excludes halogenated alkanes) is 2. The van der Waals surface area contributed by atoms with Crippen molar-refractivity contribution in [2.45, 2.75) is 46.0 Å². The van der Waals surface area contributed by atoms with Crippen molar-refractivity contribution < 1.29 is 14.3 Å². The van der Waals surface area contributed by atoms with Crippen molar-refractivity contribution in [3.8, 4) is 0 Å². The molecule has 0 atom stereocenters. The molecule has 0 radical (unpaired) electrons. The number of ether oxygens (including phenoxy) is 1. The molecule has 0 N–H and O–H groups in total. The molecule has 0 aromatic heterocycles. The highest BCUT2D eigenvalue weighted by molar-refractivity contribution is 5.95. The largest absolute Gasteiger partial charge is 0.461 e. The number of ketones is 1.